The molecule has 72 valence electrons. The van der Waals surface area contributed by atoms with Gasteiger partial charge in [0.2, 0.25) is 0 Å². The van der Waals surface area contributed by atoms with Crippen molar-refractivity contribution in [2.24, 2.45) is 0 Å². The molecule has 1 saturated heterocycles. The van der Waals surface area contributed by atoms with Gasteiger partial charge in [-0.05, 0) is 32.4 Å². The third kappa shape index (κ3) is 1.75. The Balaban J connectivity index is 2.05. The van der Waals surface area contributed by atoms with Gasteiger partial charge in [0.25, 0.3) is 0 Å². The van der Waals surface area contributed by atoms with Crippen LogP contribution in [0.25, 0.3) is 0 Å². The average Bonchev–Trinajstić information content (AvgIpc) is 2.71. The van der Waals surface area contributed by atoms with Crippen LogP contribution in [-0.2, 0) is 0 Å². The normalized spacial score (nSPS) is 23.9. The molecule has 3 nitrogen and oxygen atoms in total. The number of imidazole rings is 1. The highest BCUT2D eigenvalue weighted by molar-refractivity contribution is 4.98. The van der Waals surface area contributed by atoms with Gasteiger partial charge in [-0.2, -0.15) is 0 Å². The van der Waals surface area contributed by atoms with Crippen LogP contribution in [0, 0.1) is 0 Å². The Labute approximate surface area is 79.2 Å². The largest absolute Gasteiger partial charge is 0.347 e. The molecule has 0 aromatic carbocycles. The molecule has 0 amide bonds. The van der Waals surface area contributed by atoms with E-state index in [9.17, 15) is 0 Å². The van der Waals surface area contributed by atoms with E-state index >= 15 is 0 Å². The molecule has 2 rings (SSSR count). The predicted octanol–water partition coefficient (Wildman–Crippen LogP) is 1.96. The minimum absolute atomic E-state index is 0.551. The van der Waals surface area contributed by atoms with E-state index in [2.05, 4.69) is 21.8 Å². The van der Waals surface area contributed by atoms with E-state index < -0.39 is 0 Å². The van der Waals surface area contributed by atoms with Crippen LogP contribution in [0.1, 0.15) is 38.1 Å². The number of aromatic nitrogens is 2. The summed E-state index contributed by atoms with van der Waals surface area (Å²) in [7, 11) is 0. The topological polar surface area (TPSA) is 31.9 Å². The fourth-order valence-electron chi connectivity index (χ4n) is 2.15. The van der Waals surface area contributed by atoms with Crippen molar-refractivity contribution in [3.05, 3.63) is 18.2 Å². The molecule has 1 aromatic heterocycles. The van der Waals surface area contributed by atoms with Gasteiger partial charge in [-0.15, -0.1) is 0 Å². The third-order valence-electron chi connectivity index (χ3n) is 2.71. The molecule has 13 heavy (non-hydrogen) atoms. The lowest BCUT2D eigenvalue weighted by Crippen LogP contribution is -2.24. The maximum absolute atomic E-state index is 4.33. The summed E-state index contributed by atoms with van der Waals surface area (Å²) in [6, 6.07) is 0.551. The first kappa shape index (κ1) is 8.75. The van der Waals surface area contributed by atoms with Gasteiger partial charge >= 0.3 is 0 Å². The van der Waals surface area contributed by atoms with E-state index in [1.807, 2.05) is 12.4 Å². The molecule has 1 aliphatic heterocycles. The van der Waals surface area contributed by atoms with Crippen LogP contribution in [0.15, 0.2) is 12.4 Å². The van der Waals surface area contributed by atoms with Crippen LogP contribution in [0.5, 0.6) is 0 Å². The molecule has 0 bridgehead atoms. The molecule has 0 saturated carbocycles. The van der Waals surface area contributed by atoms with Crippen LogP contribution in [0.3, 0.4) is 0 Å². The zero-order valence-electron chi connectivity index (χ0n) is 8.16. The lowest BCUT2D eigenvalue weighted by molar-refractivity contribution is 0.250. The van der Waals surface area contributed by atoms with Crippen LogP contribution >= 0.6 is 0 Å². The second-order valence-electron chi connectivity index (χ2n) is 3.67. The lowest BCUT2D eigenvalue weighted by atomic mass is 10.2. The summed E-state index contributed by atoms with van der Waals surface area (Å²) < 4.78 is 0. The molecule has 1 N–H and O–H groups in total. The van der Waals surface area contributed by atoms with Crippen LogP contribution in [-0.4, -0.2) is 28.0 Å². The Kier molecular flexibility index (Phi) is 2.64. The second kappa shape index (κ2) is 3.92. The molecule has 1 aromatic rings. The Morgan fingerprint density at radius 1 is 1.69 bits per heavy atom. The smallest absolute Gasteiger partial charge is 0.123 e. The van der Waals surface area contributed by atoms with Crippen molar-refractivity contribution in [3.8, 4) is 0 Å². The number of likely N-dealkylation sites (tertiary alicyclic amines) is 1. The first-order valence-corrected chi connectivity index (χ1v) is 5.15. The fraction of sp³-hybridized carbons (Fsp3) is 0.700. The number of nitrogens with zero attached hydrogens (tertiary/aromatic N) is 2. The maximum Gasteiger partial charge on any atom is 0.123 e. The number of rotatable bonds is 3. The first-order chi connectivity index (χ1) is 6.42. The second-order valence-corrected chi connectivity index (χ2v) is 3.67. The Hall–Kier alpha value is -0.830. The highest BCUT2D eigenvalue weighted by atomic mass is 15.2. The predicted molar refractivity (Wildman–Crippen MR) is 52.4 cm³/mol. The zero-order valence-corrected chi connectivity index (χ0v) is 8.16. The van der Waals surface area contributed by atoms with Crippen molar-refractivity contribution >= 4 is 0 Å². The summed E-state index contributed by atoms with van der Waals surface area (Å²) >= 11 is 0. The molecular formula is C10H17N3. The third-order valence-corrected chi connectivity index (χ3v) is 2.71. The van der Waals surface area contributed by atoms with E-state index in [-0.39, 0.29) is 0 Å². The van der Waals surface area contributed by atoms with Crippen molar-refractivity contribution in [1.29, 1.82) is 0 Å². The van der Waals surface area contributed by atoms with Crippen molar-refractivity contribution in [3.63, 3.8) is 0 Å². The molecule has 0 spiro atoms. The lowest BCUT2D eigenvalue weighted by Gasteiger charge is -2.21. The summed E-state index contributed by atoms with van der Waals surface area (Å²) in [6.45, 7) is 4.67. The molecule has 2 heterocycles. The monoisotopic (exact) mass is 179 g/mol. The van der Waals surface area contributed by atoms with E-state index in [1.165, 1.54) is 32.4 Å². The summed E-state index contributed by atoms with van der Waals surface area (Å²) in [5, 5.41) is 0. The average molecular weight is 179 g/mol. The van der Waals surface area contributed by atoms with Gasteiger partial charge in [-0.1, -0.05) is 6.92 Å². The van der Waals surface area contributed by atoms with Gasteiger partial charge < -0.3 is 4.98 Å². The zero-order chi connectivity index (χ0) is 9.10. The molecule has 1 atom stereocenters. The summed E-state index contributed by atoms with van der Waals surface area (Å²) in [5.74, 6) is 1.14. The molecule has 0 aliphatic carbocycles. The summed E-state index contributed by atoms with van der Waals surface area (Å²) in [5.41, 5.74) is 0. The molecule has 3 heteroatoms. The Bertz CT molecular complexity index is 243. The van der Waals surface area contributed by atoms with Gasteiger partial charge in [-0.3, -0.25) is 4.90 Å². The maximum atomic E-state index is 4.33. The number of aromatic amines is 1. The molecular weight excluding hydrogens is 162 g/mol. The van der Waals surface area contributed by atoms with E-state index in [0.29, 0.717) is 6.04 Å². The van der Waals surface area contributed by atoms with Crippen molar-refractivity contribution < 1.29 is 0 Å². The first-order valence-electron chi connectivity index (χ1n) is 5.15. The number of hydrogen-bond donors (Lipinski definition) is 1. The van der Waals surface area contributed by atoms with E-state index in [0.717, 1.165) is 5.82 Å². The van der Waals surface area contributed by atoms with Crippen molar-refractivity contribution in [2.75, 3.05) is 13.1 Å². The Morgan fingerprint density at radius 2 is 2.62 bits per heavy atom. The molecule has 1 unspecified atom stereocenters. The fourth-order valence-corrected chi connectivity index (χ4v) is 2.15. The Morgan fingerprint density at radius 3 is 3.31 bits per heavy atom. The quantitative estimate of drug-likeness (QED) is 0.769. The molecule has 1 aliphatic rings. The van der Waals surface area contributed by atoms with Gasteiger partial charge in [-0.25, -0.2) is 4.98 Å². The molecule has 0 radical (unpaired) electrons. The minimum Gasteiger partial charge on any atom is -0.347 e. The number of nitrogens with one attached hydrogen (secondary N) is 1. The van der Waals surface area contributed by atoms with Gasteiger partial charge in [0.1, 0.15) is 5.82 Å². The standard InChI is InChI=1S/C10H17N3/c1-2-7-13-8-3-4-9(13)10-11-5-6-12-10/h5-6,9H,2-4,7-8H2,1H3,(H,11,12). The van der Waals surface area contributed by atoms with Crippen molar-refractivity contribution in [1.82, 2.24) is 14.9 Å². The van der Waals surface area contributed by atoms with Gasteiger partial charge in [0.05, 0.1) is 6.04 Å². The summed E-state index contributed by atoms with van der Waals surface area (Å²) in [4.78, 5) is 10.1. The van der Waals surface area contributed by atoms with Crippen molar-refractivity contribution in [2.45, 2.75) is 32.2 Å². The summed E-state index contributed by atoms with van der Waals surface area (Å²) in [6.07, 6.45) is 7.56. The van der Waals surface area contributed by atoms with Gasteiger partial charge in [0, 0.05) is 12.4 Å². The minimum atomic E-state index is 0.551. The molecule has 1 fully saturated rings. The van der Waals surface area contributed by atoms with Crippen LogP contribution in [0.4, 0.5) is 0 Å². The van der Waals surface area contributed by atoms with E-state index in [1.54, 1.807) is 0 Å². The highest BCUT2D eigenvalue weighted by Crippen LogP contribution is 2.29. The SMILES string of the molecule is CCCN1CCCC1c1ncc[nH]1. The van der Waals surface area contributed by atoms with Crippen LogP contribution in [0.2, 0.25) is 0 Å². The highest BCUT2D eigenvalue weighted by Gasteiger charge is 2.26. The van der Waals surface area contributed by atoms with Gasteiger partial charge in [0.15, 0.2) is 0 Å². The van der Waals surface area contributed by atoms with Crippen LogP contribution < -0.4 is 0 Å². The number of hydrogen-bond acceptors (Lipinski definition) is 2. The van der Waals surface area contributed by atoms with E-state index in [4.69, 9.17) is 0 Å². The number of H-pyrrole nitrogens is 1.